The van der Waals surface area contributed by atoms with Crippen molar-refractivity contribution in [1.29, 1.82) is 0 Å². The highest BCUT2D eigenvalue weighted by atomic mass is 32.1. The quantitative estimate of drug-likeness (QED) is 0.727. The number of anilines is 1. The third kappa shape index (κ3) is 2.41. The van der Waals surface area contributed by atoms with Crippen molar-refractivity contribution in [3.63, 3.8) is 0 Å². The summed E-state index contributed by atoms with van der Waals surface area (Å²) < 4.78 is 2.25. The number of aromatic amines is 1. The Morgan fingerprint density at radius 3 is 2.54 bits per heavy atom. The molecule has 7 heteroatoms. The monoisotopic (exact) mass is 339 g/mol. The zero-order valence-electron chi connectivity index (χ0n) is 13.3. The fourth-order valence-electron chi connectivity index (χ4n) is 3.15. The lowest BCUT2D eigenvalue weighted by molar-refractivity contribution is 0.875. The molecule has 3 aromatic rings. The second-order valence-electron chi connectivity index (χ2n) is 5.92. The number of nitrogens with zero attached hydrogens (tertiary/aromatic N) is 4. The molecule has 1 saturated heterocycles. The van der Waals surface area contributed by atoms with Gasteiger partial charge in [0.1, 0.15) is 15.9 Å². The molecule has 0 radical (unpaired) electrons. The molecule has 1 aliphatic rings. The number of aromatic nitrogens is 4. The summed E-state index contributed by atoms with van der Waals surface area (Å²) in [5.74, 6) is 1.30. The van der Waals surface area contributed by atoms with Gasteiger partial charge in [0, 0.05) is 18.8 Å². The van der Waals surface area contributed by atoms with Crippen molar-refractivity contribution in [3.05, 3.63) is 51.2 Å². The molecular weight excluding hydrogens is 322 g/mol. The first-order valence-corrected chi connectivity index (χ1v) is 8.40. The normalized spacial score (nSPS) is 14.5. The maximum Gasteiger partial charge on any atom is 0.264 e. The first-order chi connectivity index (χ1) is 11.6. The van der Waals surface area contributed by atoms with Crippen LogP contribution in [0.3, 0.4) is 0 Å². The Bertz CT molecular complexity index is 1020. The van der Waals surface area contributed by atoms with E-state index in [0.29, 0.717) is 27.4 Å². The minimum Gasteiger partial charge on any atom is -0.342 e. The van der Waals surface area contributed by atoms with Gasteiger partial charge in [-0.25, -0.2) is 4.98 Å². The van der Waals surface area contributed by atoms with Gasteiger partial charge in [0.25, 0.3) is 5.56 Å². The van der Waals surface area contributed by atoms with Gasteiger partial charge in [-0.15, -0.1) is 0 Å². The van der Waals surface area contributed by atoms with Crippen LogP contribution in [0.1, 0.15) is 18.7 Å². The van der Waals surface area contributed by atoms with Crippen LogP contribution in [-0.2, 0) is 0 Å². The number of nitrogens with one attached hydrogen (secondary N) is 1. The van der Waals surface area contributed by atoms with Gasteiger partial charge in [0.15, 0.2) is 5.65 Å². The molecule has 0 unspecified atom stereocenters. The first kappa shape index (κ1) is 15.0. The third-order valence-electron chi connectivity index (χ3n) is 4.32. The van der Waals surface area contributed by atoms with Gasteiger partial charge in [-0.1, -0.05) is 30.4 Å². The van der Waals surface area contributed by atoms with Crippen LogP contribution in [0.2, 0.25) is 0 Å². The molecule has 0 spiro atoms. The number of H-pyrrole nitrogens is 1. The van der Waals surface area contributed by atoms with Crippen molar-refractivity contribution in [2.24, 2.45) is 0 Å². The van der Waals surface area contributed by atoms with Crippen LogP contribution >= 0.6 is 12.2 Å². The average Bonchev–Trinajstić information content (AvgIpc) is 3.09. The van der Waals surface area contributed by atoms with E-state index < -0.39 is 0 Å². The number of rotatable bonds is 2. The maximum absolute atomic E-state index is 12.6. The molecule has 0 bridgehead atoms. The van der Waals surface area contributed by atoms with E-state index in [4.69, 9.17) is 12.2 Å². The van der Waals surface area contributed by atoms with Crippen LogP contribution in [0.25, 0.3) is 16.7 Å². The molecule has 6 nitrogen and oxygen atoms in total. The van der Waals surface area contributed by atoms with Gasteiger partial charge in [-0.05, 0) is 31.9 Å². The summed E-state index contributed by atoms with van der Waals surface area (Å²) in [6, 6.07) is 9.68. The number of para-hydroxylation sites is 1. The Labute approximate surface area is 143 Å². The Morgan fingerprint density at radius 1 is 1.12 bits per heavy atom. The lowest BCUT2D eigenvalue weighted by Crippen LogP contribution is -2.25. The number of hydrogen-bond acceptors (Lipinski definition) is 5. The van der Waals surface area contributed by atoms with E-state index in [1.165, 1.54) is 0 Å². The van der Waals surface area contributed by atoms with E-state index in [9.17, 15) is 4.79 Å². The molecule has 0 saturated carbocycles. The summed E-state index contributed by atoms with van der Waals surface area (Å²) in [5, 5.41) is 0.363. The zero-order chi connectivity index (χ0) is 16.7. The summed E-state index contributed by atoms with van der Waals surface area (Å²) in [5.41, 5.74) is 1.07. The molecule has 0 amide bonds. The predicted octanol–water partition coefficient (Wildman–Crippen LogP) is 2.75. The van der Waals surface area contributed by atoms with Crippen LogP contribution in [0.4, 0.5) is 5.95 Å². The van der Waals surface area contributed by atoms with E-state index in [1.54, 1.807) is 0 Å². The van der Waals surface area contributed by atoms with Crippen molar-refractivity contribution in [2.45, 2.75) is 19.8 Å². The topological polar surface area (TPSA) is 66.8 Å². The minimum absolute atomic E-state index is 0.232. The second-order valence-corrected chi connectivity index (χ2v) is 6.30. The molecule has 1 fully saturated rings. The zero-order valence-corrected chi connectivity index (χ0v) is 14.1. The fraction of sp³-hybridized carbons (Fsp3) is 0.294. The van der Waals surface area contributed by atoms with Crippen LogP contribution in [0.15, 0.2) is 35.1 Å². The highest BCUT2D eigenvalue weighted by Gasteiger charge is 2.18. The van der Waals surface area contributed by atoms with Crippen LogP contribution in [0.5, 0.6) is 0 Å². The molecule has 1 N–H and O–H groups in total. The lowest BCUT2D eigenvalue weighted by Gasteiger charge is -2.17. The SMILES string of the molecule is Cc1nc2nc(N3CCCC3)[nH]c(=O)c2c(=S)n1-c1ccccc1. The number of benzene rings is 1. The summed E-state index contributed by atoms with van der Waals surface area (Å²) >= 11 is 5.58. The minimum atomic E-state index is -0.232. The number of aryl methyl sites for hydroxylation is 1. The van der Waals surface area contributed by atoms with Crippen LogP contribution in [-0.4, -0.2) is 32.6 Å². The molecular formula is C17H17N5OS. The van der Waals surface area contributed by atoms with Gasteiger partial charge in [0.05, 0.1) is 0 Å². The third-order valence-corrected chi connectivity index (χ3v) is 4.70. The van der Waals surface area contributed by atoms with Crippen molar-refractivity contribution in [3.8, 4) is 5.69 Å². The van der Waals surface area contributed by atoms with Gasteiger partial charge in [0.2, 0.25) is 5.95 Å². The summed E-state index contributed by atoms with van der Waals surface area (Å²) in [7, 11) is 0. The maximum atomic E-state index is 12.6. The summed E-state index contributed by atoms with van der Waals surface area (Å²) in [6.07, 6.45) is 2.23. The molecule has 122 valence electrons. The van der Waals surface area contributed by atoms with E-state index in [2.05, 4.69) is 19.9 Å². The Hall–Kier alpha value is -2.54. The molecule has 1 aromatic carbocycles. The smallest absolute Gasteiger partial charge is 0.264 e. The average molecular weight is 339 g/mol. The number of fused-ring (bicyclic) bond motifs is 1. The lowest BCUT2D eigenvalue weighted by atomic mass is 10.3. The molecule has 24 heavy (non-hydrogen) atoms. The Kier molecular flexibility index (Phi) is 3.65. The second kappa shape index (κ2) is 5.83. The highest BCUT2D eigenvalue weighted by Crippen LogP contribution is 2.19. The summed E-state index contributed by atoms with van der Waals surface area (Å²) in [4.78, 5) is 26.7. The van der Waals surface area contributed by atoms with E-state index >= 15 is 0 Å². The molecule has 3 heterocycles. The van der Waals surface area contributed by atoms with Gasteiger partial charge < -0.3 is 4.90 Å². The molecule has 1 aliphatic heterocycles. The molecule has 2 aromatic heterocycles. The fourth-order valence-corrected chi connectivity index (χ4v) is 3.57. The van der Waals surface area contributed by atoms with Crippen molar-refractivity contribution < 1.29 is 0 Å². The highest BCUT2D eigenvalue weighted by molar-refractivity contribution is 7.71. The van der Waals surface area contributed by atoms with Crippen molar-refractivity contribution in [2.75, 3.05) is 18.0 Å². The van der Waals surface area contributed by atoms with E-state index in [-0.39, 0.29) is 5.56 Å². The largest absolute Gasteiger partial charge is 0.342 e. The van der Waals surface area contributed by atoms with Crippen molar-refractivity contribution in [1.82, 2.24) is 19.5 Å². The van der Waals surface area contributed by atoms with Crippen LogP contribution in [0, 0.1) is 11.6 Å². The molecule has 0 atom stereocenters. The Balaban J connectivity index is 1.97. The van der Waals surface area contributed by atoms with Crippen LogP contribution < -0.4 is 10.5 Å². The molecule has 0 aliphatic carbocycles. The van der Waals surface area contributed by atoms with Crippen molar-refractivity contribution >= 4 is 29.2 Å². The van der Waals surface area contributed by atoms with Gasteiger partial charge >= 0.3 is 0 Å². The van der Waals surface area contributed by atoms with E-state index in [0.717, 1.165) is 31.6 Å². The standard InChI is InChI=1S/C17H17N5OS/c1-11-18-14-13(16(24)22(11)12-7-3-2-4-8-12)15(23)20-17(19-14)21-9-5-6-10-21/h2-4,7-8H,5-6,9-10H2,1H3,(H,19,20,23). The Morgan fingerprint density at radius 2 is 1.83 bits per heavy atom. The number of hydrogen-bond donors (Lipinski definition) is 1. The molecule has 4 rings (SSSR count). The van der Waals surface area contributed by atoms with Gasteiger partial charge in [-0.3, -0.25) is 14.3 Å². The predicted molar refractivity (Wildman–Crippen MR) is 96.5 cm³/mol. The first-order valence-electron chi connectivity index (χ1n) is 7.99. The van der Waals surface area contributed by atoms with E-state index in [1.807, 2.05) is 41.8 Å². The summed E-state index contributed by atoms with van der Waals surface area (Å²) in [6.45, 7) is 3.69. The van der Waals surface area contributed by atoms with Gasteiger partial charge in [-0.2, -0.15) is 4.98 Å².